The van der Waals surface area contributed by atoms with Gasteiger partial charge in [-0.1, -0.05) is 72.8 Å². The lowest BCUT2D eigenvalue weighted by molar-refractivity contribution is 0.341. The standard InChI is InChI=1S/C18H21IO/c1-14(2)12-17-13-16(15-6-4-3-5-7-15)8-9-18(17)20-11-10-19/h3-9,13-14H,10-12H2,1-2H3. The molecular weight excluding hydrogens is 359 g/mol. The molecule has 2 heteroatoms. The maximum atomic E-state index is 5.87. The fraction of sp³-hybridized carbons (Fsp3) is 0.333. The molecule has 0 saturated carbocycles. The van der Waals surface area contributed by atoms with E-state index in [2.05, 4.69) is 85.0 Å². The highest BCUT2D eigenvalue weighted by Crippen LogP contribution is 2.28. The molecule has 1 nitrogen and oxygen atoms in total. The predicted molar refractivity (Wildman–Crippen MR) is 94.8 cm³/mol. The molecule has 0 amide bonds. The molecule has 0 bridgehead atoms. The van der Waals surface area contributed by atoms with Crippen LogP contribution in [0.5, 0.6) is 5.75 Å². The molecule has 0 aliphatic carbocycles. The van der Waals surface area contributed by atoms with E-state index >= 15 is 0 Å². The molecule has 0 unspecified atom stereocenters. The van der Waals surface area contributed by atoms with Gasteiger partial charge in [0.1, 0.15) is 5.75 Å². The summed E-state index contributed by atoms with van der Waals surface area (Å²) in [5, 5.41) is 0. The third-order valence-corrected chi connectivity index (χ3v) is 3.57. The van der Waals surface area contributed by atoms with Crippen molar-refractivity contribution >= 4 is 22.6 Å². The van der Waals surface area contributed by atoms with E-state index in [1.165, 1.54) is 16.7 Å². The number of ether oxygens (including phenoxy) is 1. The van der Waals surface area contributed by atoms with Gasteiger partial charge in [0, 0.05) is 4.43 Å². The minimum absolute atomic E-state index is 0.628. The predicted octanol–water partition coefficient (Wildman–Crippen LogP) is 5.37. The van der Waals surface area contributed by atoms with Crippen molar-refractivity contribution in [2.45, 2.75) is 20.3 Å². The Morgan fingerprint density at radius 2 is 1.75 bits per heavy atom. The lowest BCUT2D eigenvalue weighted by atomic mass is 9.97. The van der Waals surface area contributed by atoms with Crippen molar-refractivity contribution in [1.29, 1.82) is 0 Å². The van der Waals surface area contributed by atoms with Crippen LogP contribution in [-0.2, 0) is 6.42 Å². The first-order chi connectivity index (χ1) is 9.70. The summed E-state index contributed by atoms with van der Waals surface area (Å²) in [6, 6.07) is 17.1. The average Bonchev–Trinajstić information content (AvgIpc) is 2.46. The number of alkyl halides is 1. The van der Waals surface area contributed by atoms with Crippen LogP contribution in [0.25, 0.3) is 11.1 Å². The minimum Gasteiger partial charge on any atom is -0.493 e. The summed E-state index contributed by atoms with van der Waals surface area (Å²) in [6.07, 6.45) is 1.05. The molecule has 0 atom stereocenters. The van der Waals surface area contributed by atoms with E-state index in [0.717, 1.165) is 23.2 Å². The molecule has 0 heterocycles. The molecule has 0 radical (unpaired) electrons. The Balaban J connectivity index is 2.32. The summed E-state index contributed by atoms with van der Waals surface area (Å²) >= 11 is 2.34. The number of benzene rings is 2. The van der Waals surface area contributed by atoms with Gasteiger partial charge >= 0.3 is 0 Å². The fourth-order valence-corrected chi connectivity index (χ4v) is 2.50. The van der Waals surface area contributed by atoms with Gasteiger partial charge in [0.2, 0.25) is 0 Å². The second-order valence-electron chi connectivity index (χ2n) is 5.32. The largest absolute Gasteiger partial charge is 0.493 e. The molecule has 2 rings (SSSR count). The molecule has 2 aromatic carbocycles. The van der Waals surface area contributed by atoms with Crippen molar-refractivity contribution < 1.29 is 4.74 Å². The van der Waals surface area contributed by atoms with Crippen LogP contribution in [-0.4, -0.2) is 11.0 Å². The summed E-state index contributed by atoms with van der Waals surface area (Å²) < 4.78 is 6.88. The molecule has 0 N–H and O–H groups in total. The van der Waals surface area contributed by atoms with Crippen LogP contribution >= 0.6 is 22.6 Å². The second kappa shape index (κ2) is 7.67. The maximum absolute atomic E-state index is 5.87. The maximum Gasteiger partial charge on any atom is 0.122 e. The Morgan fingerprint density at radius 1 is 1.00 bits per heavy atom. The molecule has 0 aromatic heterocycles. The van der Waals surface area contributed by atoms with E-state index in [1.54, 1.807) is 0 Å². The fourth-order valence-electron chi connectivity index (χ4n) is 2.28. The highest BCUT2D eigenvalue weighted by Gasteiger charge is 2.08. The van der Waals surface area contributed by atoms with Crippen LogP contribution < -0.4 is 4.74 Å². The summed E-state index contributed by atoms with van der Waals surface area (Å²) in [4.78, 5) is 0. The first-order valence-electron chi connectivity index (χ1n) is 7.08. The zero-order chi connectivity index (χ0) is 14.4. The van der Waals surface area contributed by atoms with E-state index in [4.69, 9.17) is 4.74 Å². The van der Waals surface area contributed by atoms with E-state index in [0.29, 0.717) is 5.92 Å². The van der Waals surface area contributed by atoms with Crippen molar-refractivity contribution in [1.82, 2.24) is 0 Å². The van der Waals surface area contributed by atoms with Gasteiger partial charge in [0.25, 0.3) is 0 Å². The smallest absolute Gasteiger partial charge is 0.122 e. The zero-order valence-corrected chi connectivity index (χ0v) is 14.3. The van der Waals surface area contributed by atoms with E-state index < -0.39 is 0 Å². The van der Waals surface area contributed by atoms with E-state index in [9.17, 15) is 0 Å². The van der Waals surface area contributed by atoms with Crippen LogP contribution in [0.3, 0.4) is 0 Å². The van der Waals surface area contributed by atoms with Gasteiger partial charge in [-0.15, -0.1) is 0 Å². The molecule has 2 aromatic rings. The third kappa shape index (κ3) is 4.23. The Bertz CT molecular complexity index is 534. The quantitative estimate of drug-likeness (QED) is 0.484. The normalized spacial score (nSPS) is 10.8. The van der Waals surface area contributed by atoms with Crippen molar-refractivity contribution in [3.8, 4) is 16.9 Å². The Hall–Kier alpha value is -1.03. The SMILES string of the molecule is CC(C)Cc1cc(-c2ccccc2)ccc1OCCI. The number of halogens is 1. The van der Waals surface area contributed by atoms with Crippen LogP contribution in [0, 0.1) is 5.92 Å². The van der Waals surface area contributed by atoms with Gasteiger partial charge in [-0.3, -0.25) is 0 Å². The van der Waals surface area contributed by atoms with Crippen molar-refractivity contribution in [2.75, 3.05) is 11.0 Å². The Kier molecular flexibility index (Phi) is 5.89. The summed E-state index contributed by atoms with van der Waals surface area (Å²) in [5.41, 5.74) is 3.84. The monoisotopic (exact) mass is 380 g/mol. The third-order valence-electron chi connectivity index (χ3n) is 3.13. The van der Waals surface area contributed by atoms with Crippen LogP contribution in [0.2, 0.25) is 0 Å². The molecule has 0 spiro atoms. The lowest BCUT2D eigenvalue weighted by Crippen LogP contribution is -2.03. The number of rotatable bonds is 6. The molecule has 0 fully saturated rings. The molecule has 0 aliphatic heterocycles. The van der Waals surface area contributed by atoms with Gasteiger partial charge in [-0.25, -0.2) is 0 Å². The van der Waals surface area contributed by atoms with Crippen molar-refractivity contribution in [3.63, 3.8) is 0 Å². The van der Waals surface area contributed by atoms with Gasteiger partial charge in [0.15, 0.2) is 0 Å². The summed E-state index contributed by atoms with van der Waals surface area (Å²) in [7, 11) is 0. The van der Waals surface area contributed by atoms with Crippen LogP contribution in [0.15, 0.2) is 48.5 Å². The molecule has 20 heavy (non-hydrogen) atoms. The van der Waals surface area contributed by atoms with Crippen LogP contribution in [0.1, 0.15) is 19.4 Å². The van der Waals surface area contributed by atoms with Gasteiger partial charge < -0.3 is 4.74 Å². The van der Waals surface area contributed by atoms with Gasteiger partial charge in [-0.05, 0) is 41.2 Å². The molecule has 0 saturated heterocycles. The average molecular weight is 380 g/mol. The molecule has 106 valence electrons. The van der Waals surface area contributed by atoms with Gasteiger partial charge in [0.05, 0.1) is 6.61 Å². The van der Waals surface area contributed by atoms with Gasteiger partial charge in [-0.2, -0.15) is 0 Å². The van der Waals surface area contributed by atoms with E-state index in [-0.39, 0.29) is 0 Å². The van der Waals surface area contributed by atoms with Crippen molar-refractivity contribution in [2.24, 2.45) is 5.92 Å². The Labute approximate surface area is 135 Å². The highest BCUT2D eigenvalue weighted by atomic mass is 127. The van der Waals surface area contributed by atoms with E-state index in [1.807, 2.05) is 0 Å². The lowest BCUT2D eigenvalue weighted by Gasteiger charge is -2.14. The summed E-state index contributed by atoms with van der Waals surface area (Å²) in [6.45, 7) is 5.27. The minimum atomic E-state index is 0.628. The summed E-state index contributed by atoms with van der Waals surface area (Å²) in [5.74, 6) is 1.66. The van der Waals surface area contributed by atoms with Crippen LogP contribution in [0.4, 0.5) is 0 Å². The highest BCUT2D eigenvalue weighted by molar-refractivity contribution is 14.1. The molecule has 0 aliphatic rings. The first-order valence-corrected chi connectivity index (χ1v) is 8.60. The first kappa shape index (κ1) is 15.4. The number of hydrogen-bond acceptors (Lipinski definition) is 1. The van der Waals surface area contributed by atoms with Crippen molar-refractivity contribution in [3.05, 3.63) is 54.1 Å². The Morgan fingerprint density at radius 3 is 2.40 bits per heavy atom. The number of hydrogen-bond donors (Lipinski definition) is 0. The zero-order valence-electron chi connectivity index (χ0n) is 12.1. The topological polar surface area (TPSA) is 9.23 Å². The molecular formula is C18H21IO. The second-order valence-corrected chi connectivity index (χ2v) is 6.40.